The van der Waals surface area contributed by atoms with Gasteiger partial charge >= 0.3 is 0 Å². The first kappa shape index (κ1) is 10.1. The summed E-state index contributed by atoms with van der Waals surface area (Å²) in [6, 6.07) is 0. The van der Waals surface area contributed by atoms with Crippen LogP contribution >= 0.6 is 19.6 Å². The number of nitrogens with two attached hydrogens (primary N) is 1. The van der Waals surface area contributed by atoms with Crippen LogP contribution < -0.4 is 10.8 Å². The van der Waals surface area contributed by atoms with E-state index in [-0.39, 0.29) is 16.7 Å². The second kappa shape index (κ2) is 4.30. The lowest BCUT2D eigenvalue weighted by atomic mass is 10.6. The van der Waals surface area contributed by atoms with E-state index in [0.717, 1.165) is 0 Å². The van der Waals surface area contributed by atoms with Crippen molar-refractivity contribution in [3.63, 3.8) is 0 Å². The van der Waals surface area contributed by atoms with E-state index in [1.54, 1.807) is 6.92 Å². The van der Waals surface area contributed by atoms with Crippen LogP contribution in [0, 0.1) is 0 Å². The molecule has 0 saturated carbocycles. The molecule has 6 nitrogen and oxygen atoms in total. The van der Waals surface area contributed by atoms with Crippen LogP contribution in [-0.2, 0) is 4.57 Å². The molecule has 71 valence electrons. The van der Waals surface area contributed by atoms with Gasteiger partial charge in [0.1, 0.15) is 5.02 Å². The minimum absolute atomic E-state index is 0.0682. The summed E-state index contributed by atoms with van der Waals surface area (Å²) in [5.74, 6) is 0.274. The summed E-state index contributed by atoms with van der Waals surface area (Å²) < 4.78 is 11.1. The Balaban J connectivity index is 2.89. The van der Waals surface area contributed by atoms with Gasteiger partial charge in [0.15, 0.2) is 19.6 Å². The third-order valence-electron chi connectivity index (χ3n) is 1.25. The molecule has 1 radical (unpaired) electrons. The van der Waals surface area contributed by atoms with E-state index in [9.17, 15) is 4.57 Å². The van der Waals surface area contributed by atoms with Gasteiger partial charge in [0.2, 0.25) is 0 Å². The molecule has 0 bridgehead atoms. The van der Waals surface area contributed by atoms with Crippen molar-refractivity contribution in [2.24, 2.45) is 0 Å². The summed E-state index contributed by atoms with van der Waals surface area (Å²) in [4.78, 5) is 0. The third kappa shape index (κ3) is 2.47. The van der Waals surface area contributed by atoms with Gasteiger partial charge in [-0.15, -0.1) is 10.2 Å². The predicted molar refractivity (Wildman–Crippen MR) is 51.0 cm³/mol. The van der Waals surface area contributed by atoms with E-state index < -0.39 is 7.95 Å². The van der Waals surface area contributed by atoms with E-state index >= 15 is 0 Å². The first-order valence-electron chi connectivity index (χ1n) is 3.50. The number of anilines is 2. The summed E-state index contributed by atoms with van der Waals surface area (Å²) in [5.41, 5.74) is 5.36. The van der Waals surface area contributed by atoms with E-state index in [1.165, 1.54) is 0 Å². The maximum Gasteiger partial charge on any atom is 0.182 e. The second-order valence-electron chi connectivity index (χ2n) is 2.14. The van der Waals surface area contributed by atoms with Crippen molar-refractivity contribution in [2.45, 2.75) is 6.92 Å². The quantitative estimate of drug-likeness (QED) is 0.746. The van der Waals surface area contributed by atoms with Crippen molar-refractivity contribution in [3.8, 4) is 0 Å². The molecule has 1 aromatic rings. The molecule has 0 amide bonds. The van der Waals surface area contributed by atoms with Gasteiger partial charge in [-0.3, -0.25) is 9.65 Å². The van der Waals surface area contributed by atoms with E-state index in [2.05, 4.69) is 20.5 Å². The summed E-state index contributed by atoms with van der Waals surface area (Å²) in [5, 5.41) is 13.0. The van der Waals surface area contributed by atoms with E-state index in [1.807, 2.05) is 0 Å². The van der Waals surface area contributed by atoms with Gasteiger partial charge in [-0.2, -0.15) is 0 Å². The SMILES string of the molecule is CC[P](=O)Nc1nnnc(N)c1Cl. The number of nitrogens with one attached hydrogen (secondary N) is 1. The fourth-order valence-corrected chi connectivity index (χ4v) is 1.33. The number of rotatable bonds is 3. The monoisotopic (exact) mass is 220 g/mol. The van der Waals surface area contributed by atoms with Crippen molar-refractivity contribution in [3.05, 3.63) is 5.02 Å². The lowest BCUT2D eigenvalue weighted by Crippen LogP contribution is -2.01. The van der Waals surface area contributed by atoms with E-state index in [0.29, 0.717) is 6.16 Å². The predicted octanol–water partition coefficient (Wildman–Crippen LogP) is 1.28. The molecular formula is C5H8ClN5OP. The highest BCUT2D eigenvalue weighted by atomic mass is 35.5. The summed E-state index contributed by atoms with van der Waals surface area (Å²) in [7, 11) is -1.55. The van der Waals surface area contributed by atoms with Gasteiger partial charge in [0.25, 0.3) is 0 Å². The number of hydrogen-bond acceptors (Lipinski definition) is 5. The molecule has 1 rings (SSSR count). The maximum absolute atomic E-state index is 11.1. The Kier molecular flexibility index (Phi) is 3.33. The molecule has 0 aliphatic rings. The minimum atomic E-state index is -1.55. The van der Waals surface area contributed by atoms with Gasteiger partial charge < -0.3 is 5.73 Å². The summed E-state index contributed by atoms with van der Waals surface area (Å²) in [6.45, 7) is 1.78. The highest BCUT2D eigenvalue weighted by Crippen LogP contribution is 2.29. The zero-order chi connectivity index (χ0) is 9.84. The first-order chi connectivity index (χ1) is 6.15. The highest BCUT2D eigenvalue weighted by Gasteiger charge is 2.09. The average molecular weight is 221 g/mol. The smallest absolute Gasteiger partial charge is 0.182 e. The third-order valence-corrected chi connectivity index (χ3v) is 2.66. The standard InChI is InChI=1S/C5H8ClN5OP/c1-2-13(12)10-5-3(6)4(7)8-11-9-5/h2H2,1H3,(H3,7,8,9,10,12). The summed E-state index contributed by atoms with van der Waals surface area (Å²) >= 11 is 5.71. The fourth-order valence-electron chi connectivity index (χ4n) is 0.593. The Labute approximate surface area is 80.7 Å². The van der Waals surface area contributed by atoms with Gasteiger partial charge in [0, 0.05) is 6.16 Å². The van der Waals surface area contributed by atoms with Crippen LogP contribution in [0.1, 0.15) is 6.92 Å². The molecule has 1 atom stereocenters. The van der Waals surface area contributed by atoms with Crippen molar-refractivity contribution < 1.29 is 4.57 Å². The van der Waals surface area contributed by atoms with Crippen LogP contribution in [0.25, 0.3) is 0 Å². The molecular weight excluding hydrogens is 213 g/mol. The van der Waals surface area contributed by atoms with E-state index in [4.69, 9.17) is 17.3 Å². The molecule has 0 saturated heterocycles. The number of hydrogen-bond donors (Lipinski definition) is 2. The van der Waals surface area contributed by atoms with Crippen LogP contribution in [0.4, 0.5) is 11.6 Å². The number of aromatic nitrogens is 3. The molecule has 0 spiro atoms. The van der Waals surface area contributed by atoms with Crippen LogP contribution in [0.5, 0.6) is 0 Å². The molecule has 0 aliphatic heterocycles. The van der Waals surface area contributed by atoms with Crippen molar-refractivity contribution >= 4 is 31.2 Å². The molecule has 0 fully saturated rings. The molecule has 13 heavy (non-hydrogen) atoms. The Morgan fingerprint density at radius 2 is 2.31 bits per heavy atom. The van der Waals surface area contributed by atoms with Crippen LogP contribution in [0.3, 0.4) is 0 Å². The zero-order valence-electron chi connectivity index (χ0n) is 6.86. The van der Waals surface area contributed by atoms with Gasteiger partial charge in [0.05, 0.1) is 0 Å². The fraction of sp³-hybridized carbons (Fsp3) is 0.400. The highest BCUT2D eigenvalue weighted by molar-refractivity contribution is 7.46. The second-order valence-corrected chi connectivity index (χ2v) is 4.13. The minimum Gasteiger partial charge on any atom is -0.381 e. The summed E-state index contributed by atoms with van der Waals surface area (Å²) in [6.07, 6.45) is 0.482. The molecule has 0 aliphatic carbocycles. The molecule has 1 unspecified atom stereocenters. The van der Waals surface area contributed by atoms with Crippen LogP contribution in [0.2, 0.25) is 5.02 Å². The van der Waals surface area contributed by atoms with Gasteiger partial charge in [-0.05, 0) is 5.21 Å². The van der Waals surface area contributed by atoms with Gasteiger partial charge in [-0.1, -0.05) is 18.5 Å². The number of halogens is 1. The van der Waals surface area contributed by atoms with Crippen LogP contribution in [0.15, 0.2) is 0 Å². The van der Waals surface area contributed by atoms with Crippen molar-refractivity contribution in [2.75, 3.05) is 17.0 Å². The first-order valence-corrected chi connectivity index (χ1v) is 5.33. The normalized spacial score (nSPS) is 11.1. The molecule has 3 N–H and O–H groups in total. The van der Waals surface area contributed by atoms with Gasteiger partial charge in [-0.25, -0.2) is 0 Å². The Hall–Kier alpha value is -1.00. The Morgan fingerprint density at radius 1 is 1.62 bits per heavy atom. The number of nitrogen functional groups attached to an aromatic ring is 1. The Morgan fingerprint density at radius 3 is 2.92 bits per heavy atom. The largest absolute Gasteiger partial charge is 0.381 e. The van der Waals surface area contributed by atoms with Crippen molar-refractivity contribution in [1.29, 1.82) is 0 Å². The molecule has 0 aromatic carbocycles. The topological polar surface area (TPSA) is 93.8 Å². The number of nitrogens with zero attached hydrogens (tertiary/aromatic N) is 3. The maximum atomic E-state index is 11.1. The zero-order valence-corrected chi connectivity index (χ0v) is 8.51. The van der Waals surface area contributed by atoms with Crippen molar-refractivity contribution in [1.82, 2.24) is 15.4 Å². The molecule has 1 aromatic heterocycles. The van der Waals surface area contributed by atoms with Crippen LogP contribution in [-0.4, -0.2) is 21.6 Å². The lowest BCUT2D eigenvalue weighted by molar-refractivity contribution is 0.591. The Bertz CT molecular complexity index is 333. The molecule has 8 heteroatoms. The molecule has 1 heterocycles. The lowest BCUT2D eigenvalue weighted by Gasteiger charge is -2.03. The average Bonchev–Trinajstić information content (AvgIpc) is 2.13.